The Morgan fingerprint density at radius 2 is 1.88 bits per heavy atom. The number of aromatic nitrogens is 2. The first-order chi connectivity index (χ1) is 11.6. The molecule has 128 valence electrons. The molecule has 2 heterocycles. The van der Waals surface area contributed by atoms with E-state index in [1.807, 2.05) is 60.8 Å². The van der Waals surface area contributed by atoms with Crippen molar-refractivity contribution in [1.82, 2.24) is 20.0 Å². The second kappa shape index (κ2) is 7.18. The molecule has 1 aliphatic rings. The van der Waals surface area contributed by atoms with E-state index in [-0.39, 0.29) is 5.91 Å². The number of hydrogen-bond acceptors (Lipinski definition) is 3. The van der Waals surface area contributed by atoms with Crippen LogP contribution in [0, 0.1) is 13.8 Å². The van der Waals surface area contributed by atoms with Crippen LogP contribution in [-0.4, -0.2) is 46.8 Å². The van der Waals surface area contributed by atoms with E-state index in [0.717, 1.165) is 48.6 Å². The van der Waals surface area contributed by atoms with E-state index in [2.05, 4.69) is 10.4 Å². The van der Waals surface area contributed by atoms with E-state index in [1.165, 1.54) is 0 Å². The van der Waals surface area contributed by atoms with Gasteiger partial charge in [0.05, 0.1) is 17.8 Å². The lowest BCUT2D eigenvalue weighted by atomic mass is 10.0. The Morgan fingerprint density at radius 3 is 2.50 bits per heavy atom. The number of para-hydroxylation sites is 1. The van der Waals surface area contributed by atoms with Gasteiger partial charge < -0.3 is 10.2 Å². The normalized spacial score (nSPS) is 15.7. The molecule has 1 N–H and O–H groups in total. The van der Waals surface area contributed by atoms with Gasteiger partial charge in [-0.3, -0.25) is 4.79 Å². The minimum Gasteiger partial charge on any atom is -0.342 e. The van der Waals surface area contributed by atoms with E-state index in [9.17, 15) is 4.79 Å². The maximum Gasteiger partial charge on any atom is 0.227 e. The fourth-order valence-electron chi connectivity index (χ4n) is 3.43. The lowest BCUT2D eigenvalue weighted by Gasteiger charge is -2.32. The molecule has 1 aliphatic heterocycles. The molecule has 1 aromatic heterocycles. The Morgan fingerprint density at radius 1 is 1.21 bits per heavy atom. The van der Waals surface area contributed by atoms with Crippen LogP contribution >= 0.6 is 0 Å². The maximum atomic E-state index is 12.7. The largest absolute Gasteiger partial charge is 0.342 e. The Kier molecular flexibility index (Phi) is 5.00. The molecule has 5 heteroatoms. The highest BCUT2D eigenvalue weighted by molar-refractivity contribution is 5.79. The third-order valence-corrected chi connectivity index (χ3v) is 5.03. The van der Waals surface area contributed by atoms with E-state index >= 15 is 0 Å². The van der Waals surface area contributed by atoms with Crippen LogP contribution in [0.3, 0.4) is 0 Å². The summed E-state index contributed by atoms with van der Waals surface area (Å²) in [6, 6.07) is 10.6. The molecule has 0 aliphatic carbocycles. The van der Waals surface area contributed by atoms with Crippen molar-refractivity contribution in [2.75, 3.05) is 20.1 Å². The molecule has 0 saturated carbocycles. The summed E-state index contributed by atoms with van der Waals surface area (Å²) in [5, 5.41) is 7.94. The van der Waals surface area contributed by atoms with Crippen molar-refractivity contribution in [1.29, 1.82) is 0 Å². The number of nitrogens with zero attached hydrogens (tertiary/aromatic N) is 3. The van der Waals surface area contributed by atoms with Crippen molar-refractivity contribution in [2.24, 2.45) is 0 Å². The highest BCUT2D eigenvalue weighted by Gasteiger charge is 2.24. The molecule has 5 nitrogen and oxygen atoms in total. The minimum atomic E-state index is 0.211. The molecule has 24 heavy (non-hydrogen) atoms. The summed E-state index contributed by atoms with van der Waals surface area (Å²) in [7, 11) is 1.99. The highest BCUT2D eigenvalue weighted by Crippen LogP contribution is 2.20. The van der Waals surface area contributed by atoms with Crippen molar-refractivity contribution in [3.63, 3.8) is 0 Å². The average Bonchev–Trinajstić information content (AvgIpc) is 2.90. The molecule has 1 amide bonds. The number of rotatable bonds is 4. The van der Waals surface area contributed by atoms with Gasteiger partial charge in [0.25, 0.3) is 0 Å². The summed E-state index contributed by atoms with van der Waals surface area (Å²) >= 11 is 0. The molecule has 0 unspecified atom stereocenters. The number of nitrogens with one attached hydrogen (secondary N) is 1. The summed E-state index contributed by atoms with van der Waals surface area (Å²) in [6.45, 7) is 5.72. The first-order valence-corrected chi connectivity index (χ1v) is 8.65. The van der Waals surface area contributed by atoms with Gasteiger partial charge in [0.1, 0.15) is 0 Å². The van der Waals surface area contributed by atoms with Gasteiger partial charge in [0, 0.05) is 30.4 Å². The standard InChI is InChI=1S/C19H26N4O/c1-14-18(13-19(24)22-11-9-16(20-3)10-12-22)15(2)23(21-14)17-7-5-4-6-8-17/h4-8,16,20H,9-13H2,1-3H3. The molecule has 2 aromatic rings. The van der Waals surface area contributed by atoms with Crippen LogP contribution in [0.1, 0.15) is 29.8 Å². The summed E-state index contributed by atoms with van der Waals surface area (Å²) in [5.74, 6) is 0.211. The molecule has 0 bridgehead atoms. The molecule has 1 fully saturated rings. The number of benzene rings is 1. The van der Waals surface area contributed by atoms with Crippen molar-refractivity contribution in [2.45, 2.75) is 39.2 Å². The Balaban J connectivity index is 1.74. The van der Waals surface area contributed by atoms with E-state index in [0.29, 0.717) is 12.5 Å². The third kappa shape index (κ3) is 3.36. The van der Waals surface area contributed by atoms with Crippen molar-refractivity contribution < 1.29 is 4.79 Å². The predicted molar refractivity (Wildman–Crippen MR) is 95.4 cm³/mol. The first kappa shape index (κ1) is 16.7. The van der Waals surface area contributed by atoms with E-state index in [1.54, 1.807) is 0 Å². The highest BCUT2D eigenvalue weighted by atomic mass is 16.2. The zero-order valence-electron chi connectivity index (χ0n) is 14.7. The number of hydrogen-bond donors (Lipinski definition) is 1. The van der Waals surface area contributed by atoms with Gasteiger partial charge in [-0.1, -0.05) is 18.2 Å². The molecule has 0 atom stereocenters. The van der Waals surface area contributed by atoms with Crippen molar-refractivity contribution in [3.8, 4) is 5.69 Å². The lowest BCUT2D eigenvalue weighted by molar-refractivity contribution is -0.131. The van der Waals surface area contributed by atoms with Gasteiger partial charge in [-0.2, -0.15) is 5.10 Å². The summed E-state index contributed by atoms with van der Waals surface area (Å²) in [5.41, 5.74) is 4.08. The van der Waals surface area contributed by atoms with Crippen LogP contribution in [0.5, 0.6) is 0 Å². The molecule has 1 saturated heterocycles. The van der Waals surface area contributed by atoms with E-state index in [4.69, 9.17) is 0 Å². The minimum absolute atomic E-state index is 0.211. The Bertz CT molecular complexity index is 700. The monoisotopic (exact) mass is 326 g/mol. The van der Waals surface area contributed by atoms with Gasteiger partial charge >= 0.3 is 0 Å². The number of aryl methyl sites for hydroxylation is 1. The van der Waals surface area contributed by atoms with Crippen LogP contribution in [0.25, 0.3) is 5.69 Å². The number of carbonyl (C=O) groups is 1. The van der Waals surface area contributed by atoms with Crippen molar-refractivity contribution >= 4 is 5.91 Å². The topological polar surface area (TPSA) is 50.2 Å². The molecule has 3 rings (SSSR count). The van der Waals surface area contributed by atoms with Gasteiger partial charge in [-0.25, -0.2) is 4.68 Å². The maximum absolute atomic E-state index is 12.7. The SMILES string of the molecule is CNC1CCN(C(=O)Cc2c(C)nn(-c3ccccc3)c2C)CC1. The van der Waals surface area contributed by atoms with Crippen LogP contribution in [0.15, 0.2) is 30.3 Å². The molecular weight excluding hydrogens is 300 g/mol. The fraction of sp³-hybridized carbons (Fsp3) is 0.474. The van der Waals surface area contributed by atoms with Gasteiger partial charge in [0.2, 0.25) is 5.91 Å². The lowest BCUT2D eigenvalue weighted by Crippen LogP contribution is -2.44. The molecule has 0 radical (unpaired) electrons. The van der Waals surface area contributed by atoms with Crippen molar-refractivity contribution in [3.05, 3.63) is 47.3 Å². The smallest absolute Gasteiger partial charge is 0.227 e. The number of piperidine rings is 1. The first-order valence-electron chi connectivity index (χ1n) is 8.65. The summed E-state index contributed by atoms with van der Waals surface area (Å²) in [6.07, 6.45) is 2.50. The van der Waals surface area contributed by atoms with Crippen LogP contribution in [-0.2, 0) is 11.2 Å². The second-order valence-corrected chi connectivity index (χ2v) is 6.52. The van der Waals surface area contributed by atoms with Gasteiger partial charge in [-0.05, 0) is 45.9 Å². The second-order valence-electron chi connectivity index (χ2n) is 6.52. The van der Waals surface area contributed by atoms with Gasteiger partial charge in [0.15, 0.2) is 0 Å². The molecule has 0 spiro atoms. The Labute approximate surface area is 143 Å². The van der Waals surface area contributed by atoms with Crippen LogP contribution < -0.4 is 5.32 Å². The quantitative estimate of drug-likeness (QED) is 0.937. The van der Waals surface area contributed by atoms with Gasteiger partial charge in [-0.15, -0.1) is 0 Å². The Hall–Kier alpha value is -2.14. The predicted octanol–water partition coefficient (Wildman–Crippen LogP) is 2.24. The van der Waals surface area contributed by atoms with Crippen LogP contribution in [0.4, 0.5) is 0 Å². The summed E-state index contributed by atoms with van der Waals surface area (Å²) < 4.78 is 1.94. The zero-order chi connectivity index (χ0) is 17.1. The summed E-state index contributed by atoms with van der Waals surface area (Å²) in [4.78, 5) is 14.7. The van der Waals surface area contributed by atoms with E-state index < -0.39 is 0 Å². The molecular formula is C19H26N4O. The average molecular weight is 326 g/mol. The fourth-order valence-corrected chi connectivity index (χ4v) is 3.43. The number of carbonyl (C=O) groups excluding carboxylic acids is 1. The number of likely N-dealkylation sites (tertiary alicyclic amines) is 1. The third-order valence-electron chi connectivity index (χ3n) is 5.03. The number of amides is 1. The molecule has 1 aromatic carbocycles. The zero-order valence-corrected chi connectivity index (χ0v) is 14.7. The van der Waals surface area contributed by atoms with Crippen LogP contribution in [0.2, 0.25) is 0 Å².